The van der Waals surface area contributed by atoms with Gasteiger partial charge in [-0.3, -0.25) is 4.90 Å². The number of anilines is 1. The van der Waals surface area contributed by atoms with Crippen LogP contribution in [-0.2, 0) is 5.33 Å². The minimum atomic E-state index is 0.811. The van der Waals surface area contributed by atoms with Crippen LogP contribution in [0, 0.1) is 0 Å². The second kappa shape index (κ2) is 7.17. The Bertz CT molecular complexity index is 373. The van der Waals surface area contributed by atoms with E-state index in [0.29, 0.717) is 0 Å². The number of rotatable bonds is 5. The molecule has 1 aliphatic rings. The van der Waals surface area contributed by atoms with E-state index < -0.39 is 0 Å². The molecule has 5 nitrogen and oxygen atoms in total. The molecule has 0 N–H and O–H groups in total. The highest BCUT2D eigenvalue weighted by Crippen LogP contribution is 2.11. The number of aromatic nitrogens is 2. The molecule has 19 heavy (non-hydrogen) atoms. The lowest BCUT2D eigenvalue weighted by Gasteiger charge is -2.35. The number of alkyl halides is 1. The van der Waals surface area contributed by atoms with E-state index in [-0.39, 0.29) is 0 Å². The van der Waals surface area contributed by atoms with E-state index in [1.165, 1.54) is 0 Å². The van der Waals surface area contributed by atoms with E-state index >= 15 is 0 Å². The van der Waals surface area contributed by atoms with E-state index in [0.717, 1.165) is 56.1 Å². The Morgan fingerprint density at radius 3 is 2.32 bits per heavy atom. The van der Waals surface area contributed by atoms with Gasteiger partial charge in [0.15, 0.2) is 0 Å². The van der Waals surface area contributed by atoms with Crippen LogP contribution in [0.25, 0.3) is 0 Å². The van der Waals surface area contributed by atoms with E-state index in [4.69, 9.17) is 0 Å². The summed E-state index contributed by atoms with van der Waals surface area (Å²) < 4.78 is 0. The van der Waals surface area contributed by atoms with E-state index in [1.54, 1.807) is 0 Å². The maximum Gasteiger partial charge on any atom is 0.225 e. The Balaban J connectivity index is 1.81. The Kier molecular flexibility index (Phi) is 5.54. The van der Waals surface area contributed by atoms with Gasteiger partial charge in [-0.1, -0.05) is 15.9 Å². The second-order valence-electron chi connectivity index (χ2n) is 5.16. The normalized spacial score (nSPS) is 17.2. The number of likely N-dealkylation sites (N-methyl/N-ethyl adjacent to an activating group) is 1. The molecular formula is C13H22BrN5. The molecule has 0 saturated carbocycles. The summed E-state index contributed by atoms with van der Waals surface area (Å²) in [4.78, 5) is 15.9. The predicted octanol–water partition coefficient (Wildman–Crippen LogP) is 1.06. The molecule has 1 aliphatic heterocycles. The third-order valence-corrected chi connectivity index (χ3v) is 4.01. The van der Waals surface area contributed by atoms with E-state index in [1.807, 2.05) is 12.4 Å². The summed E-state index contributed by atoms with van der Waals surface area (Å²) in [6.07, 6.45) is 3.80. The van der Waals surface area contributed by atoms with Gasteiger partial charge in [-0.25, -0.2) is 9.97 Å². The first-order chi connectivity index (χ1) is 9.19. The fourth-order valence-electron chi connectivity index (χ4n) is 2.09. The summed E-state index contributed by atoms with van der Waals surface area (Å²) in [5, 5.41) is 0.811. The number of halogens is 1. The van der Waals surface area contributed by atoms with Crippen LogP contribution in [0.15, 0.2) is 12.4 Å². The van der Waals surface area contributed by atoms with Gasteiger partial charge in [0.1, 0.15) is 0 Å². The molecular weight excluding hydrogens is 306 g/mol. The van der Waals surface area contributed by atoms with Crippen LogP contribution >= 0.6 is 15.9 Å². The van der Waals surface area contributed by atoms with Crippen LogP contribution < -0.4 is 4.90 Å². The standard InChI is InChI=1S/C13H22BrN5/c1-17(2)3-4-18-5-7-19(8-6-18)13-15-10-12(9-14)11-16-13/h10-11H,3-9H2,1-2H3. The summed E-state index contributed by atoms with van der Waals surface area (Å²) in [6, 6.07) is 0. The molecule has 0 unspecified atom stereocenters. The summed E-state index contributed by atoms with van der Waals surface area (Å²) >= 11 is 3.41. The van der Waals surface area contributed by atoms with Crippen molar-refractivity contribution in [1.29, 1.82) is 0 Å². The van der Waals surface area contributed by atoms with Crippen molar-refractivity contribution in [1.82, 2.24) is 19.8 Å². The number of piperazine rings is 1. The van der Waals surface area contributed by atoms with Crippen molar-refractivity contribution in [3.63, 3.8) is 0 Å². The van der Waals surface area contributed by atoms with Crippen molar-refractivity contribution in [2.24, 2.45) is 0 Å². The van der Waals surface area contributed by atoms with Crippen molar-refractivity contribution in [2.75, 3.05) is 58.3 Å². The summed E-state index contributed by atoms with van der Waals surface area (Å²) in [6.45, 7) is 6.48. The summed E-state index contributed by atoms with van der Waals surface area (Å²) in [5.41, 5.74) is 1.12. The minimum Gasteiger partial charge on any atom is -0.338 e. The molecule has 1 fully saturated rings. The van der Waals surface area contributed by atoms with Gasteiger partial charge in [0, 0.05) is 57.0 Å². The fraction of sp³-hybridized carbons (Fsp3) is 0.692. The van der Waals surface area contributed by atoms with Crippen LogP contribution in [0.2, 0.25) is 0 Å². The monoisotopic (exact) mass is 327 g/mol. The van der Waals surface area contributed by atoms with Crippen LogP contribution in [0.5, 0.6) is 0 Å². The van der Waals surface area contributed by atoms with Gasteiger partial charge in [-0.05, 0) is 19.7 Å². The number of hydrogen-bond donors (Lipinski definition) is 0. The molecule has 1 aromatic heterocycles. The van der Waals surface area contributed by atoms with Gasteiger partial charge in [0.05, 0.1) is 0 Å². The molecule has 0 aliphatic carbocycles. The Morgan fingerprint density at radius 2 is 1.79 bits per heavy atom. The van der Waals surface area contributed by atoms with Crippen molar-refractivity contribution in [3.05, 3.63) is 18.0 Å². The first kappa shape index (κ1) is 14.7. The molecule has 0 spiro atoms. The number of nitrogens with zero attached hydrogens (tertiary/aromatic N) is 5. The Hall–Kier alpha value is -0.720. The SMILES string of the molecule is CN(C)CCN1CCN(c2ncc(CBr)cn2)CC1. The average Bonchev–Trinajstić information content (AvgIpc) is 2.46. The molecule has 0 amide bonds. The largest absolute Gasteiger partial charge is 0.338 e. The molecule has 2 heterocycles. The maximum atomic E-state index is 4.43. The lowest BCUT2D eigenvalue weighted by atomic mass is 10.3. The van der Waals surface area contributed by atoms with Crippen LogP contribution in [0.3, 0.4) is 0 Å². The van der Waals surface area contributed by atoms with E-state index in [9.17, 15) is 0 Å². The van der Waals surface area contributed by atoms with E-state index in [2.05, 4.69) is 54.7 Å². The Labute approximate surface area is 123 Å². The molecule has 6 heteroatoms. The zero-order chi connectivity index (χ0) is 13.7. The quantitative estimate of drug-likeness (QED) is 0.755. The molecule has 0 aromatic carbocycles. The molecule has 0 radical (unpaired) electrons. The molecule has 106 valence electrons. The zero-order valence-electron chi connectivity index (χ0n) is 11.7. The molecule has 1 aromatic rings. The highest BCUT2D eigenvalue weighted by Gasteiger charge is 2.18. The van der Waals surface area contributed by atoms with Crippen molar-refractivity contribution in [2.45, 2.75) is 5.33 Å². The third-order valence-electron chi connectivity index (χ3n) is 3.36. The zero-order valence-corrected chi connectivity index (χ0v) is 13.3. The van der Waals surface area contributed by atoms with Gasteiger partial charge >= 0.3 is 0 Å². The molecule has 2 rings (SSSR count). The van der Waals surface area contributed by atoms with Gasteiger partial charge in [-0.15, -0.1) is 0 Å². The van der Waals surface area contributed by atoms with Gasteiger partial charge in [0.25, 0.3) is 0 Å². The highest BCUT2D eigenvalue weighted by atomic mass is 79.9. The minimum absolute atomic E-state index is 0.811. The number of hydrogen-bond acceptors (Lipinski definition) is 5. The third kappa shape index (κ3) is 4.40. The Morgan fingerprint density at radius 1 is 1.16 bits per heavy atom. The first-order valence-electron chi connectivity index (χ1n) is 6.68. The lowest BCUT2D eigenvalue weighted by molar-refractivity contribution is 0.228. The lowest BCUT2D eigenvalue weighted by Crippen LogP contribution is -2.48. The fourth-order valence-corrected chi connectivity index (χ4v) is 2.38. The second-order valence-corrected chi connectivity index (χ2v) is 5.72. The maximum absolute atomic E-state index is 4.43. The molecule has 1 saturated heterocycles. The highest BCUT2D eigenvalue weighted by molar-refractivity contribution is 9.08. The molecule has 0 atom stereocenters. The van der Waals surface area contributed by atoms with Crippen molar-refractivity contribution < 1.29 is 0 Å². The van der Waals surface area contributed by atoms with Gasteiger partial charge in [-0.2, -0.15) is 0 Å². The van der Waals surface area contributed by atoms with Crippen LogP contribution in [-0.4, -0.2) is 73.1 Å². The van der Waals surface area contributed by atoms with Gasteiger partial charge < -0.3 is 9.80 Å². The van der Waals surface area contributed by atoms with Crippen molar-refractivity contribution >= 4 is 21.9 Å². The smallest absolute Gasteiger partial charge is 0.225 e. The van der Waals surface area contributed by atoms with Crippen LogP contribution in [0.1, 0.15) is 5.56 Å². The first-order valence-corrected chi connectivity index (χ1v) is 7.80. The molecule has 0 bridgehead atoms. The predicted molar refractivity (Wildman–Crippen MR) is 81.9 cm³/mol. The average molecular weight is 328 g/mol. The van der Waals surface area contributed by atoms with Crippen molar-refractivity contribution in [3.8, 4) is 0 Å². The van der Waals surface area contributed by atoms with Gasteiger partial charge in [0.2, 0.25) is 5.95 Å². The summed E-state index contributed by atoms with van der Waals surface area (Å²) in [7, 11) is 4.24. The van der Waals surface area contributed by atoms with Crippen LogP contribution in [0.4, 0.5) is 5.95 Å². The summed E-state index contributed by atoms with van der Waals surface area (Å²) in [5.74, 6) is 0.858. The topological polar surface area (TPSA) is 35.5 Å².